The molecule has 0 aliphatic heterocycles. The Morgan fingerprint density at radius 1 is 0.846 bits per heavy atom. The number of allylic oxidation sites excluding steroid dienone is 3. The Labute approximate surface area is 219 Å². The largest absolute Gasteiger partial charge is 0.507 e. The van der Waals surface area contributed by atoms with Crippen molar-refractivity contribution in [2.24, 2.45) is 11.3 Å². The summed E-state index contributed by atoms with van der Waals surface area (Å²) in [6.45, 7) is 2.96. The van der Waals surface area contributed by atoms with Crippen LogP contribution in [0.3, 0.4) is 0 Å². The Bertz CT molecular complexity index is 1770. The molecule has 0 aromatic heterocycles. The van der Waals surface area contributed by atoms with Crippen molar-refractivity contribution < 1.29 is 49.5 Å². The first-order chi connectivity index (χ1) is 18.3. The first-order valence-electron chi connectivity index (χ1n) is 12.3. The minimum absolute atomic E-state index is 0.00660. The summed E-state index contributed by atoms with van der Waals surface area (Å²) >= 11 is 0. The Morgan fingerprint density at radius 3 is 2.18 bits per heavy atom. The summed E-state index contributed by atoms with van der Waals surface area (Å²) < 4.78 is 0. The number of benzene rings is 2. The molecule has 10 heteroatoms. The van der Waals surface area contributed by atoms with Gasteiger partial charge in [-0.2, -0.15) is 0 Å². The van der Waals surface area contributed by atoms with Gasteiger partial charge in [-0.3, -0.25) is 24.0 Å². The summed E-state index contributed by atoms with van der Waals surface area (Å²) in [4.78, 5) is 67.8. The van der Waals surface area contributed by atoms with E-state index in [1.165, 1.54) is 19.1 Å². The van der Waals surface area contributed by atoms with Crippen molar-refractivity contribution in [3.05, 3.63) is 68.3 Å². The van der Waals surface area contributed by atoms with Gasteiger partial charge in [0.25, 0.3) is 0 Å². The predicted octanol–water partition coefficient (Wildman–Crippen LogP) is 2.30. The van der Waals surface area contributed by atoms with Gasteiger partial charge >= 0.3 is 0 Å². The minimum atomic E-state index is -2.00. The quantitative estimate of drug-likeness (QED) is 0.318. The summed E-state index contributed by atoms with van der Waals surface area (Å²) in [5.41, 5.74) is -4.12. The number of carbonyl (C=O) groups is 5. The van der Waals surface area contributed by atoms with Crippen LogP contribution in [0.1, 0.15) is 78.5 Å². The molecule has 0 heterocycles. The summed E-state index contributed by atoms with van der Waals surface area (Å²) in [5, 5.41) is 56.2. The van der Waals surface area contributed by atoms with Crippen LogP contribution in [0.2, 0.25) is 0 Å². The summed E-state index contributed by atoms with van der Waals surface area (Å²) in [6.07, 6.45) is -1.34. The molecule has 2 aromatic carbocycles. The van der Waals surface area contributed by atoms with E-state index in [0.717, 1.165) is 6.08 Å². The molecule has 196 valence electrons. The lowest BCUT2D eigenvalue weighted by Gasteiger charge is -2.51. The molecule has 7 rings (SSSR count). The van der Waals surface area contributed by atoms with E-state index in [2.05, 4.69) is 0 Å². The van der Waals surface area contributed by atoms with Crippen LogP contribution in [0, 0.1) is 18.3 Å². The molecule has 0 unspecified atom stereocenters. The molecule has 0 amide bonds. The number of hydrogen-bond donors (Lipinski definition) is 5. The lowest BCUT2D eigenvalue weighted by molar-refractivity contribution is -0.128. The zero-order valence-corrected chi connectivity index (χ0v) is 20.5. The van der Waals surface area contributed by atoms with Crippen LogP contribution in [0.5, 0.6) is 17.2 Å². The average Bonchev–Trinajstić information content (AvgIpc) is 3.17. The van der Waals surface area contributed by atoms with Crippen molar-refractivity contribution in [2.75, 3.05) is 0 Å². The molecule has 5 aliphatic carbocycles. The highest BCUT2D eigenvalue weighted by Gasteiger charge is 2.73. The highest BCUT2D eigenvalue weighted by molar-refractivity contribution is 6.28. The molecule has 0 radical (unpaired) electrons. The average molecular weight is 528 g/mol. The van der Waals surface area contributed by atoms with Gasteiger partial charge in [0.05, 0.1) is 45.6 Å². The number of aryl methyl sites for hydroxylation is 1. The first kappa shape index (κ1) is 23.5. The lowest BCUT2D eigenvalue weighted by Crippen LogP contribution is -2.57. The van der Waals surface area contributed by atoms with Crippen molar-refractivity contribution in [1.29, 1.82) is 0 Å². The van der Waals surface area contributed by atoms with Crippen molar-refractivity contribution >= 4 is 34.7 Å². The maximum atomic E-state index is 14.2. The minimum Gasteiger partial charge on any atom is -0.507 e. The monoisotopic (exact) mass is 528 g/mol. The third-order valence-electron chi connectivity index (χ3n) is 9.12. The molecular formula is C29H20O10. The summed E-state index contributed by atoms with van der Waals surface area (Å²) in [7, 11) is 0. The van der Waals surface area contributed by atoms with E-state index in [9.17, 15) is 49.5 Å². The van der Waals surface area contributed by atoms with E-state index in [4.69, 9.17) is 0 Å². The van der Waals surface area contributed by atoms with Gasteiger partial charge in [0, 0.05) is 34.6 Å². The third kappa shape index (κ3) is 2.35. The maximum Gasteiger partial charge on any atom is 0.193 e. The molecule has 0 saturated heterocycles. The topological polar surface area (TPSA) is 186 Å². The predicted molar refractivity (Wildman–Crippen MR) is 131 cm³/mol. The van der Waals surface area contributed by atoms with E-state index in [-0.39, 0.29) is 22.3 Å². The Hall–Kier alpha value is -4.57. The fourth-order valence-corrected chi connectivity index (χ4v) is 7.73. The van der Waals surface area contributed by atoms with Gasteiger partial charge in [0.2, 0.25) is 0 Å². The number of phenolic OH excluding ortho intramolecular Hbond substituents is 3. The summed E-state index contributed by atoms with van der Waals surface area (Å²) in [6, 6.07) is 2.71. The van der Waals surface area contributed by atoms with Crippen LogP contribution in [-0.2, 0) is 9.59 Å². The zero-order chi connectivity index (χ0) is 28.0. The molecule has 10 nitrogen and oxygen atoms in total. The van der Waals surface area contributed by atoms with E-state index in [1.807, 2.05) is 0 Å². The maximum absolute atomic E-state index is 14.2. The van der Waals surface area contributed by atoms with Gasteiger partial charge in [-0.1, -0.05) is 0 Å². The number of Topliss-reactive ketones (excluding diaryl/α,β-unsaturated/α-hetero) is 4. The molecule has 5 atom stereocenters. The molecule has 5 aliphatic rings. The second kappa shape index (κ2) is 6.89. The normalized spacial score (nSPS) is 30.1. The Balaban J connectivity index is 1.62. The molecule has 1 spiro atoms. The van der Waals surface area contributed by atoms with Crippen LogP contribution in [-0.4, -0.2) is 60.6 Å². The molecule has 5 N–H and O–H groups in total. The number of fused-ring (bicyclic) bond motifs is 6. The molecule has 2 fully saturated rings. The second-order valence-electron chi connectivity index (χ2n) is 11.0. The zero-order valence-electron chi connectivity index (χ0n) is 20.5. The Morgan fingerprint density at radius 2 is 1.49 bits per heavy atom. The number of phenols is 3. The van der Waals surface area contributed by atoms with E-state index in [0.29, 0.717) is 5.56 Å². The van der Waals surface area contributed by atoms with Crippen LogP contribution in [0.4, 0.5) is 0 Å². The highest BCUT2D eigenvalue weighted by atomic mass is 16.3. The SMILES string of the molecule is CC1=CC(=O)c2c(O)c3c(c(O)c2C1=O)[C@@H]1C(=O)C[C@]24C(=O)c5cc(C)cc(O)c5C(O)=C2C(=O)[C@H]3[C@@H](O)[C@H]14. The molecule has 2 bridgehead atoms. The number of ketones is 5. The van der Waals surface area contributed by atoms with Crippen molar-refractivity contribution in [1.82, 2.24) is 0 Å². The standard InChI is InChI=1S/C29H20O10/c1-7-3-9-13(10(30)4-7)25(36)21-27(38)19-17-16(14-12(32)6-29(21,28(9)39)20(14)26(19)37)24(35)18-15(23(17)34)11(31)5-8(2)22(18)33/h3-5,14,19-20,26,30,34-37H,6H2,1-2H3/t14-,19+,20-,26+,29+/m0/s1. The smallest absolute Gasteiger partial charge is 0.193 e. The number of aliphatic hydroxyl groups excluding tert-OH is 2. The number of hydrogen-bond acceptors (Lipinski definition) is 10. The Kier molecular flexibility index (Phi) is 4.16. The number of carbonyl (C=O) groups excluding carboxylic acids is 5. The van der Waals surface area contributed by atoms with Gasteiger partial charge in [-0.05, 0) is 37.6 Å². The summed E-state index contributed by atoms with van der Waals surface area (Å²) in [5.74, 6) is -11.2. The number of aromatic hydroxyl groups is 3. The number of rotatable bonds is 0. The number of aliphatic hydroxyl groups is 2. The van der Waals surface area contributed by atoms with E-state index >= 15 is 0 Å². The molecule has 2 saturated carbocycles. The highest BCUT2D eigenvalue weighted by Crippen LogP contribution is 2.70. The van der Waals surface area contributed by atoms with Crippen LogP contribution >= 0.6 is 0 Å². The third-order valence-corrected chi connectivity index (χ3v) is 9.12. The molecule has 39 heavy (non-hydrogen) atoms. The van der Waals surface area contributed by atoms with E-state index in [1.54, 1.807) is 6.92 Å². The van der Waals surface area contributed by atoms with Gasteiger partial charge in [0.1, 0.15) is 28.8 Å². The van der Waals surface area contributed by atoms with Gasteiger partial charge in [-0.25, -0.2) is 0 Å². The first-order valence-corrected chi connectivity index (χ1v) is 12.3. The van der Waals surface area contributed by atoms with Gasteiger partial charge < -0.3 is 25.5 Å². The van der Waals surface area contributed by atoms with Crippen molar-refractivity contribution in [2.45, 2.75) is 38.2 Å². The fourth-order valence-electron chi connectivity index (χ4n) is 7.73. The fraction of sp³-hybridized carbons (Fsp3) is 0.276. The molecular weight excluding hydrogens is 508 g/mol. The van der Waals surface area contributed by atoms with Crippen LogP contribution in [0.25, 0.3) is 5.76 Å². The van der Waals surface area contributed by atoms with Gasteiger partial charge in [0.15, 0.2) is 23.1 Å². The lowest BCUT2D eigenvalue weighted by atomic mass is 9.49. The van der Waals surface area contributed by atoms with Crippen LogP contribution in [0.15, 0.2) is 29.4 Å². The van der Waals surface area contributed by atoms with Crippen molar-refractivity contribution in [3.63, 3.8) is 0 Å². The van der Waals surface area contributed by atoms with E-state index < -0.39 is 110 Å². The van der Waals surface area contributed by atoms with Crippen LogP contribution < -0.4 is 0 Å². The second-order valence-corrected chi connectivity index (χ2v) is 11.0. The van der Waals surface area contributed by atoms with Crippen molar-refractivity contribution in [3.8, 4) is 17.2 Å². The van der Waals surface area contributed by atoms with Gasteiger partial charge in [-0.15, -0.1) is 0 Å². The molecule has 2 aromatic rings.